The molecule has 0 aliphatic rings. The van der Waals surface area contributed by atoms with E-state index >= 15 is 0 Å². The number of rotatable bonds is 6. The Morgan fingerprint density at radius 2 is 1.76 bits per heavy atom. The minimum atomic E-state index is -3.41. The van der Waals surface area contributed by atoms with Crippen molar-refractivity contribution in [3.63, 3.8) is 0 Å². The molecular formula is C16H24O4S. The van der Waals surface area contributed by atoms with Crippen LogP contribution in [-0.2, 0) is 21.0 Å². The molecule has 118 valence electrons. The Labute approximate surface area is 127 Å². The van der Waals surface area contributed by atoms with Gasteiger partial charge in [-0.25, -0.2) is 13.2 Å². The number of methoxy groups -OCH3 is 1. The van der Waals surface area contributed by atoms with Crippen LogP contribution in [0.2, 0.25) is 0 Å². The molecule has 0 spiro atoms. The summed E-state index contributed by atoms with van der Waals surface area (Å²) in [5.74, 6) is -0.320. The van der Waals surface area contributed by atoms with E-state index < -0.39 is 15.8 Å². The first-order valence-corrected chi connectivity index (χ1v) is 9.14. The molecule has 5 heteroatoms. The summed E-state index contributed by atoms with van der Waals surface area (Å²) in [6.07, 6.45) is 3.40. The maximum Gasteiger partial charge on any atom is 0.338 e. The summed E-state index contributed by atoms with van der Waals surface area (Å²) < 4.78 is 29.3. The van der Waals surface area contributed by atoms with E-state index in [9.17, 15) is 13.2 Å². The smallest absolute Gasteiger partial charge is 0.338 e. The molecule has 0 aliphatic heterocycles. The van der Waals surface area contributed by atoms with Crippen molar-refractivity contribution in [2.45, 2.75) is 50.8 Å². The van der Waals surface area contributed by atoms with Gasteiger partial charge >= 0.3 is 5.97 Å². The van der Waals surface area contributed by atoms with Gasteiger partial charge in [-0.3, -0.25) is 0 Å². The highest BCUT2D eigenvalue weighted by atomic mass is 32.2. The topological polar surface area (TPSA) is 60.4 Å². The van der Waals surface area contributed by atoms with E-state index in [0.717, 1.165) is 18.4 Å². The number of sulfone groups is 1. The van der Waals surface area contributed by atoms with Gasteiger partial charge in [0.05, 0.1) is 17.6 Å². The number of carbonyl (C=O) groups is 1. The number of esters is 1. The average Bonchev–Trinajstić information content (AvgIpc) is 2.45. The van der Waals surface area contributed by atoms with Crippen molar-refractivity contribution in [1.29, 1.82) is 0 Å². The Kier molecular flexibility index (Phi) is 5.96. The molecular weight excluding hydrogens is 288 g/mol. The first-order chi connectivity index (χ1) is 9.81. The lowest BCUT2D eigenvalue weighted by Gasteiger charge is -2.21. The fourth-order valence-corrected chi connectivity index (χ4v) is 4.15. The highest BCUT2D eigenvalue weighted by Crippen LogP contribution is 2.33. The highest BCUT2D eigenvalue weighted by molar-refractivity contribution is 7.90. The zero-order valence-corrected chi connectivity index (χ0v) is 14.2. The number of ether oxygens (including phenoxy) is 1. The summed E-state index contributed by atoms with van der Waals surface area (Å²) in [6, 6.07) is 3.45. The van der Waals surface area contributed by atoms with Crippen LogP contribution in [0.1, 0.15) is 61.0 Å². The number of hydrogen-bond donors (Lipinski definition) is 0. The molecule has 0 heterocycles. The van der Waals surface area contributed by atoms with Gasteiger partial charge in [0.15, 0.2) is 9.84 Å². The second kappa shape index (κ2) is 7.07. The van der Waals surface area contributed by atoms with Crippen LogP contribution in [0.4, 0.5) is 0 Å². The van der Waals surface area contributed by atoms with Crippen molar-refractivity contribution in [2.24, 2.45) is 0 Å². The van der Waals surface area contributed by atoms with Gasteiger partial charge < -0.3 is 4.74 Å². The van der Waals surface area contributed by atoms with Gasteiger partial charge in [-0.2, -0.15) is 0 Å². The molecule has 0 atom stereocenters. The van der Waals surface area contributed by atoms with Crippen LogP contribution in [0.25, 0.3) is 0 Å². The second-order valence-corrected chi connectivity index (χ2v) is 7.09. The molecule has 0 radical (unpaired) electrons. The van der Waals surface area contributed by atoms with E-state index in [-0.39, 0.29) is 5.92 Å². The van der Waals surface area contributed by atoms with E-state index in [2.05, 4.69) is 0 Å². The summed E-state index contributed by atoms with van der Waals surface area (Å²) in [7, 11) is -2.11. The lowest BCUT2D eigenvalue weighted by molar-refractivity contribution is 0.0599. The van der Waals surface area contributed by atoms with Crippen molar-refractivity contribution in [2.75, 3.05) is 13.4 Å². The Morgan fingerprint density at radius 3 is 2.14 bits per heavy atom. The largest absolute Gasteiger partial charge is 0.465 e. The number of benzene rings is 1. The minimum absolute atomic E-state index is 0.173. The van der Waals surface area contributed by atoms with Crippen molar-refractivity contribution < 1.29 is 17.9 Å². The molecule has 1 aromatic carbocycles. The van der Waals surface area contributed by atoms with Crippen LogP contribution in [0.3, 0.4) is 0 Å². The molecule has 0 saturated carbocycles. The van der Waals surface area contributed by atoms with Crippen molar-refractivity contribution in [3.05, 3.63) is 28.8 Å². The maximum atomic E-state index is 12.3. The molecule has 4 nitrogen and oxygen atoms in total. The van der Waals surface area contributed by atoms with Crippen molar-refractivity contribution >= 4 is 15.8 Å². The minimum Gasteiger partial charge on any atom is -0.465 e. The predicted octanol–water partition coefficient (Wildman–Crippen LogP) is 3.34. The molecule has 0 fully saturated rings. The van der Waals surface area contributed by atoms with Gasteiger partial charge in [-0.1, -0.05) is 26.8 Å². The number of hydrogen-bond acceptors (Lipinski definition) is 4. The molecule has 0 amide bonds. The summed E-state index contributed by atoms with van der Waals surface area (Å²) >= 11 is 0. The summed E-state index contributed by atoms with van der Waals surface area (Å²) in [4.78, 5) is 12.2. The van der Waals surface area contributed by atoms with Crippen LogP contribution in [0, 0.1) is 0 Å². The molecule has 0 aromatic heterocycles. The van der Waals surface area contributed by atoms with Gasteiger partial charge in [-0.15, -0.1) is 0 Å². The van der Waals surface area contributed by atoms with E-state index in [4.69, 9.17) is 4.74 Å². The Bertz CT molecular complexity index is 613. The third-order valence-corrected chi connectivity index (χ3v) is 5.07. The van der Waals surface area contributed by atoms with E-state index in [1.807, 2.05) is 20.8 Å². The average molecular weight is 312 g/mol. The second-order valence-electron chi connectivity index (χ2n) is 5.14. The van der Waals surface area contributed by atoms with Gasteiger partial charge in [0.1, 0.15) is 0 Å². The normalized spacial score (nSPS) is 11.7. The van der Waals surface area contributed by atoms with E-state index in [0.29, 0.717) is 22.4 Å². The molecule has 0 N–H and O–H groups in total. The molecule has 0 unspecified atom stereocenters. The van der Waals surface area contributed by atoms with Crippen LogP contribution in [0.15, 0.2) is 17.0 Å². The third kappa shape index (κ3) is 3.64. The van der Waals surface area contributed by atoms with Crippen LogP contribution in [0.5, 0.6) is 0 Å². The molecule has 1 rings (SSSR count). The van der Waals surface area contributed by atoms with E-state index in [1.165, 1.54) is 13.4 Å². The van der Waals surface area contributed by atoms with Crippen molar-refractivity contribution in [3.8, 4) is 0 Å². The summed E-state index contributed by atoms with van der Waals surface area (Å²) in [5.41, 5.74) is 1.72. The first-order valence-electron chi connectivity index (χ1n) is 7.25. The zero-order valence-electron chi connectivity index (χ0n) is 13.4. The van der Waals surface area contributed by atoms with Crippen LogP contribution in [-0.4, -0.2) is 27.8 Å². The van der Waals surface area contributed by atoms with Crippen LogP contribution >= 0.6 is 0 Å². The molecule has 1 aromatic rings. The lowest BCUT2D eigenvalue weighted by atomic mass is 9.90. The third-order valence-electron chi connectivity index (χ3n) is 3.85. The SMILES string of the molecule is CCc1c(C(=O)OC)ccc(C(CC)CC)c1S(C)(=O)=O. The van der Waals surface area contributed by atoms with Crippen molar-refractivity contribution in [1.82, 2.24) is 0 Å². The molecule has 0 saturated heterocycles. The Balaban J connectivity index is 3.74. The van der Waals surface area contributed by atoms with Gasteiger partial charge in [0, 0.05) is 6.26 Å². The molecule has 0 bridgehead atoms. The highest BCUT2D eigenvalue weighted by Gasteiger charge is 2.26. The fraction of sp³-hybridized carbons (Fsp3) is 0.562. The number of carbonyl (C=O) groups excluding carboxylic acids is 1. The van der Waals surface area contributed by atoms with Gasteiger partial charge in [0.2, 0.25) is 0 Å². The molecule has 0 aliphatic carbocycles. The Hall–Kier alpha value is -1.36. The predicted molar refractivity (Wildman–Crippen MR) is 83.6 cm³/mol. The quantitative estimate of drug-likeness (QED) is 0.756. The lowest BCUT2D eigenvalue weighted by Crippen LogP contribution is -2.15. The van der Waals surface area contributed by atoms with E-state index in [1.54, 1.807) is 12.1 Å². The van der Waals surface area contributed by atoms with Gasteiger partial charge in [-0.05, 0) is 42.4 Å². The monoisotopic (exact) mass is 312 g/mol. The fourth-order valence-electron chi connectivity index (χ4n) is 2.79. The van der Waals surface area contributed by atoms with Gasteiger partial charge in [0.25, 0.3) is 0 Å². The first kappa shape index (κ1) is 17.7. The molecule has 21 heavy (non-hydrogen) atoms. The van der Waals surface area contributed by atoms with Crippen LogP contribution < -0.4 is 0 Å². The Morgan fingerprint density at radius 1 is 1.19 bits per heavy atom. The summed E-state index contributed by atoms with van der Waals surface area (Å²) in [6.45, 7) is 5.94. The maximum absolute atomic E-state index is 12.3. The summed E-state index contributed by atoms with van der Waals surface area (Å²) in [5, 5.41) is 0. The zero-order chi connectivity index (χ0) is 16.2. The standard InChI is InChI=1S/C16H24O4S/c1-6-11(7-2)13-9-10-14(16(17)20-4)12(8-3)15(13)21(5,18)19/h9-11H,6-8H2,1-5H3.